The molecule has 68 valence electrons. The minimum Gasteiger partial charge on any atom is -0.463 e. The van der Waals surface area contributed by atoms with Crippen LogP contribution in [0.3, 0.4) is 0 Å². The Morgan fingerprint density at radius 2 is 1.92 bits per heavy atom. The third-order valence-corrected chi connectivity index (χ3v) is 1.09. The SMILES string of the molecule is CCOC(=O)/C=C\C(=O)N(C)C. The van der Waals surface area contributed by atoms with Gasteiger partial charge in [0.1, 0.15) is 0 Å². The van der Waals surface area contributed by atoms with Crippen LogP contribution in [-0.2, 0) is 14.3 Å². The molecular formula is C8H13NO3. The van der Waals surface area contributed by atoms with E-state index in [0.717, 1.165) is 6.08 Å². The van der Waals surface area contributed by atoms with Crippen LogP contribution in [-0.4, -0.2) is 37.5 Å². The smallest absolute Gasteiger partial charge is 0.330 e. The number of hydrogen-bond acceptors (Lipinski definition) is 3. The van der Waals surface area contributed by atoms with Gasteiger partial charge < -0.3 is 9.64 Å². The molecule has 0 rings (SSSR count). The van der Waals surface area contributed by atoms with Crippen LogP contribution in [0.4, 0.5) is 0 Å². The van der Waals surface area contributed by atoms with Gasteiger partial charge in [0.2, 0.25) is 5.91 Å². The van der Waals surface area contributed by atoms with Crippen LogP contribution < -0.4 is 0 Å². The minimum absolute atomic E-state index is 0.233. The molecule has 0 aliphatic rings. The molecular weight excluding hydrogens is 158 g/mol. The summed E-state index contributed by atoms with van der Waals surface area (Å²) in [4.78, 5) is 22.9. The fourth-order valence-electron chi connectivity index (χ4n) is 0.479. The highest BCUT2D eigenvalue weighted by Gasteiger charge is 1.99. The van der Waals surface area contributed by atoms with Crippen molar-refractivity contribution in [3.63, 3.8) is 0 Å². The van der Waals surface area contributed by atoms with Crippen molar-refractivity contribution in [2.75, 3.05) is 20.7 Å². The van der Waals surface area contributed by atoms with Crippen molar-refractivity contribution < 1.29 is 14.3 Å². The van der Waals surface area contributed by atoms with E-state index < -0.39 is 5.97 Å². The first kappa shape index (κ1) is 10.7. The Kier molecular flexibility index (Phi) is 4.76. The molecule has 0 radical (unpaired) electrons. The first-order valence-electron chi connectivity index (χ1n) is 3.64. The van der Waals surface area contributed by atoms with Gasteiger partial charge in [-0.25, -0.2) is 4.79 Å². The summed E-state index contributed by atoms with van der Waals surface area (Å²) in [6.07, 6.45) is 2.30. The van der Waals surface area contributed by atoms with E-state index in [2.05, 4.69) is 4.74 Å². The molecule has 0 aliphatic carbocycles. The Balaban J connectivity index is 3.90. The molecule has 0 N–H and O–H groups in total. The second-order valence-corrected chi connectivity index (χ2v) is 2.32. The van der Waals surface area contributed by atoms with E-state index >= 15 is 0 Å². The fraction of sp³-hybridized carbons (Fsp3) is 0.500. The van der Waals surface area contributed by atoms with Crippen LogP contribution in [0.2, 0.25) is 0 Å². The molecule has 12 heavy (non-hydrogen) atoms. The van der Waals surface area contributed by atoms with E-state index in [1.165, 1.54) is 11.0 Å². The van der Waals surface area contributed by atoms with Crippen LogP contribution in [0.25, 0.3) is 0 Å². The number of carbonyl (C=O) groups excluding carboxylic acids is 2. The van der Waals surface area contributed by atoms with E-state index in [0.29, 0.717) is 6.61 Å². The summed E-state index contributed by atoms with van der Waals surface area (Å²) < 4.78 is 4.58. The van der Waals surface area contributed by atoms with Crippen molar-refractivity contribution in [1.82, 2.24) is 4.90 Å². The summed E-state index contributed by atoms with van der Waals surface area (Å²) in [6.45, 7) is 2.03. The molecule has 0 saturated heterocycles. The van der Waals surface area contributed by atoms with Crippen LogP contribution in [0.5, 0.6) is 0 Å². The summed E-state index contributed by atoms with van der Waals surface area (Å²) in [7, 11) is 3.22. The van der Waals surface area contributed by atoms with E-state index in [1.807, 2.05) is 0 Å². The second-order valence-electron chi connectivity index (χ2n) is 2.32. The molecule has 0 aliphatic heterocycles. The lowest BCUT2D eigenvalue weighted by atomic mass is 10.4. The van der Waals surface area contributed by atoms with Gasteiger partial charge in [0.15, 0.2) is 0 Å². The van der Waals surface area contributed by atoms with Crippen molar-refractivity contribution in [3.05, 3.63) is 12.2 Å². The Morgan fingerprint density at radius 3 is 2.33 bits per heavy atom. The van der Waals surface area contributed by atoms with Crippen LogP contribution in [0.1, 0.15) is 6.92 Å². The largest absolute Gasteiger partial charge is 0.463 e. The maximum absolute atomic E-state index is 10.9. The van der Waals surface area contributed by atoms with Gasteiger partial charge in [-0.3, -0.25) is 4.79 Å². The molecule has 4 nitrogen and oxygen atoms in total. The Morgan fingerprint density at radius 1 is 1.33 bits per heavy atom. The quantitative estimate of drug-likeness (QED) is 0.450. The number of hydrogen-bond donors (Lipinski definition) is 0. The standard InChI is InChI=1S/C8H13NO3/c1-4-12-8(11)6-5-7(10)9(2)3/h5-6H,4H2,1-3H3/b6-5-. The molecule has 0 heterocycles. The summed E-state index contributed by atoms with van der Waals surface area (Å²) in [6, 6.07) is 0. The van der Waals surface area contributed by atoms with E-state index in [9.17, 15) is 9.59 Å². The molecule has 0 aromatic carbocycles. The van der Waals surface area contributed by atoms with Gasteiger partial charge in [0.05, 0.1) is 6.61 Å². The molecule has 1 amide bonds. The Hall–Kier alpha value is -1.32. The molecule has 0 spiro atoms. The monoisotopic (exact) mass is 171 g/mol. The average molecular weight is 171 g/mol. The van der Waals surface area contributed by atoms with Crippen molar-refractivity contribution in [2.24, 2.45) is 0 Å². The molecule has 4 heteroatoms. The fourth-order valence-corrected chi connectivity index (χ4v) is 0.479. The number of nitrogens with zero attached hydrogens (tertiary/aromatic N) is 1. The normalized spacial score (nSPS) is 9.92. The van der Waals surface area contributed by atoms with Crippen LogP contribution >= 0.6 is 0 Å². The predicted octanol–water partition coefficient (Wildman–Crippen LogP) is 0.194. The zero-order chi connectivity index (χ0) is 9.56. The van der Waals surface area contributed by atoms with Crippen molar-refractivity contribution in [2.45, 2.75) is 6.92 Å². The van der Waals surface area contributed by atoms with Gasteiger partial charge in [-0.2, -0.15) is 0 Å². The molecule has 0 aromatic heterocycles. The summed E-state index contributed by atoms with van der Waals surface area (Å²) in [5, 5.41) is 0. The first-order chi connectivity index (χ1) is 5.57. The first-order valence-corrected chi connectivity index (χ1v) is 3.64. The van der Waals surface area contributed by atoms with Crippen molar-refractivity contribution >= 4 is 11.9 Å². The van der Waals surface area contributed by atoms with E-state index in [1.54, 1.807) is 21.0 Å². The topological polar surface area (TPSA) is 46.6 Å². The molecule has 0 fully saturated rings. The van der Waals surface area contributed by atoms with Gasteiger partial charge in [-0.15, -0.1) is 0 Å². The molecule has 0 unspecified atom stereocenters. The van der Waals surface area contributed by atoms with Crippen molar-refractivity contribution in [3.8, 4) is 0 Å². The highest BCUT2D eigenvalue weighted by atomic mass is 16.5. The molecule has 0 aromatic rings. The average Bonchev–Trinajstić information content (AvgIpc) is 2.00. The third-order valence-electron chi connectivity index (χ3n) is 1.09. The lowest BCUT2D eigenvalue weighted by molar-refractivity contribution is -0.137. The van der Waals surface area contributed by atoms with Gasteiger partial charge in [-0.1, -0.05) is 0 Å². The molecule has 0 bridgehead atoms. The maximum atomic E-state index is 10.9. The van der Waals surface area contributed by atoms with E-state index in [-0.39, 0.29) is 5.91 Å². The summed E-state index contributed by atoms with van der Waals surface area (Å²) in [5.41, 5.74) is 0. The van der Waals surface area contributed by atoms with Crippen molar-refractivity contribution in [1.29, 1.82) is 0 Å². The zero-order valence-electron chi connectivity index (χ0n) is 7.53. The Labute approximate surface area is 71.8 Å². The molecule has 0 atom stereocenters. The van der Waals surface area contributed by atoms with Gasteiger partial charge >= 0.3 is 5.97 Å². The highest BCUT2D eigenvalue weighted by molar-refractivity contribution is 5.94. The van der Waals surface area contributed by atoms with E-state index in [4.69, 9.17) is 0 Å². The van der Waals surface area contributed by atoms with Gasteiger partial charge in [0, 0.05) is 26.2 Å². The Bertz CT molecular complexity index is 196. The molecule has 0 saturated carbocycles. The maximum Gasteiger partial charge on any atom is 0.330 e. The number of likely N-dealkylation sites (N-methyl/N-ethyl adjacent to an activating group) is 1. The van der Waals surface area contributed by atoms with Crippen LogP contribution in [0.15, 0.2) is 12.2 Å². The van der Waals surface area contributed by atoms with Gasteiger partial charge in [0.25, 0.3) is 0 Å². The second kappa shape index (κ2) is 5.35. The number of esters is 1. The summed E-state index contributed by atoms with van der Waals surface area (Å²) in [5.74, 6) is -0.726. The lowest BCUT2D eigenvalue weighted by Gasteiger charge is -2.04. The lowest BCUT2D eigenvalue weighted by Crippen LogP contribution is -2.19. The minimum atomic E-state index is -0.493. The number of ether oxygens (including phenoxy) is 1. The summed E-state index contributed by atoms with van der Waals surface area (Å²) >= 11 is 0. The predicted molar refractivity (Wildman–Crippen MR) is 44.5 cm³/mol. The van der Waals surface area contributed by atoms with Crippen LogP contribution in [0, 0.1) is 0 Å². The van der Waals surface area contributed by atoms with Gasteiger partial charge in [-0.05, 0) is 6.92 Å². The highest BCUT2D eigenvalue weighted by Crippen LogP contribution is 1.84. The number of rotatable bonds is 3. The third kappa shape index (κ3) is 4.49. The zero-order valence-corrected chi connectivity index (χ0v) is 7.53. The number of amides is 1. The number of carbonyl (C=O) groups is 2.